The number of hydrogen-bond acceptors (Lipinski definition) is 4. The molecule has 0 saturated carbocycles. The number of likely N-dealkylation sites (tertiary alicyclic amines) is 1. The molecule has 6 nitrogen and oxygen atoms in total. The minimum Gasteiger partial charge on any atom is -0.353 e. The average molecular weight is 578 g/mol. The fraction of sp³-hybridized carbons (Fsp3) is 0.345. The molecular weight excluding hydrogens is 546 g/mol. The topological polar surface area (TPSA) is 69.7 Å². The Bertz CT molecular complexity index is 1410. The Morgan fingerprint density at radius 1 is 0.950 bits per heavy atom. The first kappa shape index (κ1) is 29.5. The highest BCUT2D eigenvalue weighted by Crippen LogP contribution is 2.24. The van der Waals surface area contributed by atoms with E-state index in [0.29, 0.717) is 43.6 Å². The summed E-state index contributed by atoms with van der Waals surface area (Å²) in [5, 5.41) is 2.78. The number of halogens is 4. The molecule has 0 bridgehead atoms. The number of nitrogens with one attached hydrogen (secondary N) is 1. The second-order valence-electron chi connectivity index (χ2n) is 10.0. The lowest BCUT2D eigenvalue weighted by Gasteiger charge is -2.38. The zero-order valence-electron chi connectivity index (χ0n) is 22.0. The van der Waals surface area contributed by atoms with Gasteiger partial charge in [0.25, 0.3) is 0 Å². The number of sulfonamides is 1. The molecule has 1 aliphatic rings. The SMILES string of the molecule is C[C@@H](CN(c1cccc(F)c1)S(=O)(=O)Cc1ccccc1)N1CCC(NC(=O)Cc2c(F)cc(F)cc2F)CC1. The van der Waals surface area contributed by atoms with Crippen LogP contribution in [0.3, 0.4) is 0 Å². The van der Waals surface area contributed by atoms with E-state index in [1.165, 1.54) is 22.5 Å². The van der Waals surface area contributed by atoms with E-state index >= 15 is 0 Å². The highest BCUT2D eigenvalue weighted by molar-refractivity contribution is 7.92. The van der Waals surface area contributed by atoms with Crippen molar-refractivity contribution in [3.8, 4) is 0 Å². The van der Waals surface area contributed by atoms with E-state index in [2.05, 4.69) is 10.2 Å². The lowest BCUT2D eigenvalue weighted by atomic mass is 10.0. The van der Waals surface area contributed by atoms with Gasteiger partial charge in [-0.05, 0) is 43.5 Å². The summed E-state index contributed by atoms with van der Waals surface area (Å²) in [5.74, 6) is -4.62. The molecule has 1 fully saturated rings. The summed E-state index contributed by atoms with van der Waals surface area (Å²) < 4.78 is 83.2. The smallest absolute Gasteiger partial charge is 0.239 e. The van der Waals surface area contributed by atoms with Crippen LogP contribution in [0.5, 0.6) is 0 Å². The number of rotatable bonds is 10. The number of anilines is 1. The highest BCUT2D eigenvalue weighted by Gasteiger charge is 2.30. The molecule has 3 aromatic carbocycles. The Balaban J connectivity index is 1.38. The molecule has 0 aliphatic carbocycles. The van der Waals surface area contributed by atoms with Crippen molar-refractivity contribution < 1.29 is 30.8 Å². The van der Waals surface area contributed by atoms with Gasteiger partial charge in [-0.1, -0.05) is 36.4 Å². The van der Waals surface area contributed by atoms with E-state index in [1.54, 1.807) is 36.4 Å². The van der Waals surface area contributed by atoms with Crippen LogP contribution in [0.4, 0.5) is 23.2 Å². The van der Waals surface area contributed by atoms with Gasteiger partial charge in [0.15, 0.2) is 0 Å². The third kappa shape index (κ3) is 7.60. The Morgan fingerprint density at radius 3 is 2.23 bits per heavy atom. The van der Waals surface area contributed by atoms with Gasteiger partial charge in [0.2, 0.25) is 15.9 Å². The van der Waals surface area contributed by atoms with Crippen LogP contribution >= 0.6 is 0 Å². The number of hydrogen-bond donors (Lipinski definition) is 1. The van der Waals surface area contributed by atoms with Crippen LogP contribution < -0.4 is 9.62 Å². The Kier molecular flexibility index (Phi) is 9.47. The second-order valence-corrected chi connectivity index (χ2v) is 11.9. The van der Waals surface area contributed by atoms with Gasteiger partial charge in [-0.3, -0.25) is 14.0 Å². The van der Waals surface area contributed by atoms with Gasteiger partial charge < -0.3 is 5.32 Å². The van der Waals surface area contributed by atoms with Crippen molar-refractivity contribution in [2.24, 2.45) is 0 Å². The van der Waals surface area contributed by atoms with Crippen LogP contribution in [-0.4, -0.2) is 50.9 Å². The molecular formula is C29H31F4N3O3S. The van der Waals surface area contributed by atoms with Crippen molar-refractivity contribution in [2.45, 2.75) is 44.0 Å². The molecule has 0 unspecified atom stereocenters. The van der Waals surface area contributed by atoms with E-state index in [0.717, 1.165) is 0 Å². The molecule has 1 heterocycles. The van der Waals surface area contributed by atoms with Crippen LogP contribution in [0.2, 0.25) is 0 Å². The summed E-state index contributed by atoms with van der Waals surface area (Å²) in [7, 11) is -3.85. The maximum Gasteiger partial charge on any atom is 0.239 e. The lowest BCUT2D eigenvalue weighted by Crippen LogP contribution is -2.51. The maximum atomic E-state index is 14.1. The van der Waals surface area contributed by atoms with Gasteiger partial charge in [-0.2, -0.15) is 0 Å². The van der Waals surface area contributed by atoms with Crippen molar-refractivity contribution >= 4 is 21.6 Å². The summed E-state index contributed by atoms with van der Waals surface area (Å²) >= 11 is 0. The molecule has 0 spiro atoms. The standard InChI is InChI=1S/C29H31F4N3O3S/c1-20(18-36(25-9-5-8-22(30)14-25)40(38,39)19-21-6-3-2-4-7-21)35-12-10-24(11-13-35)34-29(37)17-26-27(32)15-23(31)16-28(26)33/h2-9,14-16,20,24H,10-13,17-19H2,1H3,(H,34,37)/t20-/m0/s1. The van der Waals surface area contributed by atoms with Crippen LogP contribution in [0, 0.1) is 23.3 Å². The Labute approximate surface area is 231 Å². The predicted octanol–water partition coefficient (Wildman–Crippen LogP) is 4.79. The van der Waals surface area contributed by atoms with Gasteiger partial charge in [-0.15, -0.1) is 0 Å². The highest BCUT2D eigenvalue weighted by atomic mass is 32.2. The first-order valence-corrected chi connectivity index (χ1v) is 14.6. The number of nitrogens with zero attached hydrogens (tertiary/aromatic N) is 2. The van der Waals surface area contributed by atoms with Crippen molar-refractivity contribution in [3.05, 3.63) is 101 Å². The van der Waals surface area contributed by atoms with Crippen molar-refractivity contribution in [1.82, 2.24) is 10.2 Å². The fourth-order valence-electron chi connectivity index (χ4n) is 4.89. The molecule has 40 heavy (non-hydrogen) atoms. The zero-order valence-corrected chi connectivity index (χ0v) is 22.8. The van der Waals surface area contributed by atoms with E-state index in [9.17, 15) is 30.8 Å². The van der Waals surface area contributed by atoms with Gasteiger partial charge in [0, 0.05) is 49.4 Å². The molecule has 4 rings (SSSR count). The molecule has 1 saturated heterocycles. The van der Waals surface area contributed by atoms with Gasteiger partial charge in [-0.25, -0.2) is 26.0 Å². The molecule has 1 N–H and O–H groups in total. The summed E-state index contributed by atoms with van der Waals surface area (Å²) in [6.07, 6.45) is 0.540. The Hall–Kier alpha value is -3.44. The van der Waals surface area contributed by atoms with Crippen LogP contribution in [0.15, 0.2) is 66.7 Å². The van der Waals surface area contributed by atoms with E-state index in [1.807, 2.05) is 6.92 Å². The van der Waals surface area contributed by atoms with Crippen molar-refractivity contribution in [2.75, 3.05) is 23.9 Å². The molecule has 0 aromatic heterocycles. The summed E-state index contributed by atoms with van der Waals surface area (Å²) in [6, 6.07) is 14.9. The number of piperidine rings is 1. The van der Waals surface area contributed by atoms with E-state index in [-0.39, 0.29) is 30.1 Å². The molecule has 11 heteroatoms. The van der Waals surface area contributed by atoms with Crippen molar-refractivity contribution in [1.29, 1.82) is 0 Å². The molecule has 3 aromatic rings. The number of carbonyl (C=O) groups is 1. The third-order valence-electron chi connectivity index (χ3n) is 7.02. The minimum absolute atomic E-state index is 0.0960. The monoisotopic (exact) mass is 577 g/mol. The quantitative estimate of drug-likeness (QED) is 0.352. The summed E-state index contributed by atoms with van der Waals surface area (Å²) in [4.78, 5) is 14.5. The first-order valence-electron chi connectivity index (χ1n) is 13.0. The predicted molar refractivity (Wildman–Crippen MR) is 145 cm³/mol. The van der Waals surface area contributed by atoms with E-state index in [4.69, 9.17) is 0 Å². The van der Waals surface area contributed by atoms with E-state index < -0.39 is 51.2 Å². The largest absolute Gasteiger partial charge is 0.353 e. The van der Waals surface area contributed by atoms with Crippen LogP contribution in [0.25, 0.3) is 0 Å². The van der Waals surface area contributed by atoms with Gasteiger partial charge >= 0.3 is 0 Å². The summed E-state index contributed by atoms with van der Waals surface area (Å²) in [5.41, 5.74) is 0.373. The van der Waals surface area contributed by atoms with Gasteiger partial charge in [0.05, 0.1) is 17.9 Å². The minimum atomic E-state index is -3.85. The zero-order chi connectivity index (χ0) is 28.9. The fourth-order valence-corrected chi connectivity index (χ4v) is 6.54. The average Bonchev–Trinajstić information content (AvgIpc) is 2.90. The molecule has 1 amide bonds. The molecule has 214 valence electrons. The second kappa shape index (κ2) is 12.8. The van der Waals surface area contributed by atoms with Gasteiger partial charge in [0.1, 0.15) is 23.3 Å². The normalized spacial score (nSPS) is 15.5. The lowest BCUT2D eigenvalue weighted by molar-refractivity contribution is -0.121. The number of benzene rings is 3. The maximum absolute atomic E-state index is 14.1. The Morgan fingerprint density at radius 2 is 1.60 bits per heavy atom. The third-order valence-corrected chi connectivity index (χ3v) is 8.74. The molecule has 1 aliphatic heterocycles. The summed E-state index contributed by atoms with van der Waals surface area (Å²) in [6.45, 7) is 3.07. The van der Waals surface area contributed by atoms with Crippen LogP contribution in [0.1, 0.15) is 30.9 Å². The van der Waals surface area contributed by atoms with Crippen LogP contribution in [-0.2, 0) is 27.0 Å². The van der Waals surface area contributed by atoms with Crippen molar-refractivity contribution in [3.63, 3.8) is 0 Å². The number of amides is 1. The molecule has 0 radical (unpaired) electrons. The number of carbonyl (C=O) groups excluding carboxylic acids is 1. The molecule has 1 atom stereocenters. The first-order chi connectivity index (χ1) is 19.0.